The molecule has 0 spiro atoms. The Morgan fingerprint density at radius 1 is 1.39 bits per heavy atom. The third-order valence-corrected chi connectivity index (χ3v) is 2.99. The van der Waals surface area contributed by atoms with Crippen LogP contribution >= 0.6 is 0 Å². The zero-order valence-electron chi connectivity index (χ0n) is 12.2. The van der Waals surface area contributed by atoms with Crippen LogP contribution < -0.4 is 10.6 Å². The van der Waals surface area contributed by atoms with E-state index in [-0.39, 0.29) is 18.3 Å². The van der Waals surface area contributed by atoms with Crippen LogP contribution in [-0.2, 0) is 6.42 Å². The molecule has 6 nitrogen and oxygen atoms in total. The highest BCUT2D eigenvalue weighted by Crippen LogP contribution is 2.13. The first-order valence-corrected chi connectivity index (χ1v) is 6.83. The number of hydrogen-bond donors (Lipinski definition) is 2. The lowest BCUT2D eigenvalue weighted by Gasteiger charge is -2.08. The number of nitrogens with zero attached hydrogens (tertiary/aromatic N) is 3. The lowest BCUT2D eigenvalue weighted by Crippen LogP contribution is -2.23. The van der Waals surface area contributed by atoms with Gasteiger partial charge in [-0.25, -0.2) is 9.97 Å². The van der Waals surface area contributed by atoms with E-state index in [1.54, 1.807) is 12.1 Å². The molecule has 2 aromatic rings. The fourth-order valence-corrected chi connectivity index (χ4v) is 1.88. The quantitative estimate of drug-likeness (QED) is 0.762. The van der Waals surface area contributed by atoms with Crippen LogP contribution in [0, 0.1) is 12.3 Å². The number of pyridine rings is 1. The highest BCUT2D eigenvalue weighted by Gasteiger charge is 2.11. The van der Waals surface area contributed by atoms with Gasteiger partial charge in [0.15, 0.2) is 0 Å². The van der Waals surface area contributed by atoms with Crippen molar-refractivity contribution in [1.29, 1.82) is 0 Å². The molecule has 0 unspecified atom stereocenters. The van der Waals surface area contributed by atoms with E-state index >= 15 is 0 Å². The van der Waals surface area contributed by atoms with Crippen LogP contribution in [0.5, 0.6) is 0 Å². The molecule has 0 saturated carbocycles. The molecule has 0 bridgehead atoms. The summed E-state index contributed by atoms with van der Waals surface area (Å²) in [7, 11) is 0. The van der Waals surface area contributed by atoms with Crippen molar-refractivity contribution in [1.82, 2.24) is 19.9 Å². The van der Waals surface area contributed by atoms with Crippen LogP contribution in [0.2, 0.25) is 0 Å². The van der Waals surface area contributed by atoms with Crippen molar-refractivity contribution < 1.29 is 13.6 Å². The Kier molecular flexibility index (Phi) is 5.63. The first-order valence-electron chi connectivity index (χ1n) is 6.83. The molecule has 120 valence electrons. The maximum absolute atomic E-state index is 12.7. The van der Waals surface area contributed by atoms with Crippen molar-refractivity contribution in [3.63, 3.8) is 0 Å². The largest absolute Gasteiger partial charge is 0.370 e. The van der Waals surface area contributed by atoms with E-state index < -0.39 is 6.55 Å². The van der Waals surface area contributed by atoms with Crippen molar-refractivity contribution >= 4 is 11.7 Å². The number of aromatic nitrogens is 3. The minimum atomic E-state index is -2.61. The molecule has 2 rings (SSSR count). The molecule has 8 heteroatoms. The Hall–Kier alpha value is -2.95. The summed E-state index contributed by atoms with van der Waals surface area (Å²) in [5.74, 6) is 2.83. The summed E-state index contributed by atoms with van der Waals surface area (Å²) in [6, 6.07) is 3.23. The third-order valence-electron chi connectivity index (χ3n) is 2.99. The van der Waals surface area contributed by atoms with Crippen LogP contribution in [0.4, 0.5) is 14.6 Å². The summed E-state index contributed by atoms with van der Waals surface area (Å²) < 4.78 is 26.1. The molecule has 0 atom stereocenters. The van der Waals surface area contributed by atoms with Crippen LogP contribution in [-0.4, -0.2) is 33.5 Å². The van der Waals surface area contributed by atoms with Gasteiger partial charge in [-0.3, -0.25) is 9.36 Å². The monoisotopic (exact) mass is 319 g/mol. The predicted octanol–water partition coefficient (Wildman–Crippen LogP) is 1.69. The van der Waals surface area contributed by atoms with Crippen molar-refractivity contribution in [3.05, 3.63) is 42.1 Å². The van der Waals surface area contributed by atoms with Crippen LogP contribution in [0.1, 0.15) is 22.7 Å². The summed E-state index contributed by atoms with van der Waals surface area (Å²) >= 11 is 0. The van der Waals surface area contributed by atoms with Gasteiger partial charge in [-0.15, -0.1) is 6.42 Å². The molecular formula is C15H15F2N5O. The average molecular weight is 319 g/mol. The molecule has 0 radical (unpaired) electrons. The number of rotatable bonds is 7. The lowest BCUT2D eigenvalue weighted by molar-refractivity contribution is 0.0671. The van der Waals surface area contributed by atoms with Crippen molar-refractivity contribution in [3.8, 4) is 12.3 Å². The molecule has 1 amide bonds. The van der Waals surface area contributed by atoms with Crippen molar-refractivity contribution in [2.75, 3.05) is 18.4 Å². The minimum absolute atomic E-state index is 0.148. The number of alkyl halides is 2. The fourth-order valence-electron chi connectivity index (χ4n) is 1.88. The number of nitrogens with one attached hydrogen (secondary N) is 2. The molecule has 23 heavy (non-hydrogen) atoms. The smallest absolute Gasteiger partial charge is 0.319 e. The zero-order valence-corrected chi connectivity index (χ0v) is 12.2. The number of halogens is 2. The van der Waals surface area contributed by atoms with Gasteiger partial charge < -0.3 is 10.6 Å². The molecule has 0 fully saturated rings. The Labute approximate surface area is 131 Å². The Morgan fingerprint density at radius 2 is 2.22 bits per heavy atom. The van der Waals surface area contributed by atoms with Gasteiger partial charge in [0.25, 0.3) is 5.91 Å². The van der Waals surface area contributed by atoms with Crippen molar-refractivity contribution in [2.45, 2.75) is 13.0 Å². The second kappa shape index (κ2) is 7.89. The molecule has 0 aliphatic rings. The summed E-state index contributed by atoms with van der Waals surface area (Å²) in [5, 5.41) is 5.51. The van der Waals surface area contributed by atoms with Crippen LogP contribution in [0.3, 0.4) is 0 Å². The molecule has 2 heterocycles. The number of carbonyl (C=O) groups is 1. The van der Waals surface area contributed by atoms with E-state index in [0.717, 1.165) is 4.57 Å². The molecular weight excluding hydrogens is 304 g/mol. The van der Waals surface area contributed by atoms with E-state index in [9.17, 15) is 13.6 Å². The number of hydrogen-bond acceptors (Lipinski definition) is 4. The van der Waals surface area contributed by atoms with E-state index in [4.69, 9.17) is 6.42 Å². The SMILES string of the molecule is C#CCNC(=O)c1ccc(NCCc2nccn2C(F)F)nc1. The van der Waals surface area contributed by atoms with Crippen LogP contribution in [0.25, 0.3) is 0 Å². The van der Waals surface area contributed by atoms with Crippen molar-refractivity contribution in [2.24, 2.45) is 0 Å². The Bertz CT molecular complexity index is 691. The molecule has 0 aromatic carbocycles. The van der Waals surface area contributed by atoms with Gasteiger partial charge in [0.2, 0.25) is 0 Å². The van der Waals surface area contributed by atoms with Gasteiger partial charge >= 0.3 is 6.55 Å². The number of imidazole rings is 1. The standard InChI is InChI=1S/C15H15F2N5O/c1-2-6-20-14(23)11-3-4-12(21-10-11)18-7-5-13-19-8-9-22(13)15(16)17/h1,3-4,8-10,15H,5-7H2,(H,18,21)(H,20,23). The summed E-state index contributed by atoms with van der Waals surface area (Å²) in [6.45, 7) is -2.07. The fraction of sp³-hybridized carbons (Fsp3) is 0.267. The van der Waals surface area contributed by atoms with Gasteiger partial charge in [0, 0.05) is 31.6 Å². The molecule has 2 N–H and O–H groups in total. The number of carbonyl (C=O) groups excluding carboxylic acids is 1. The first kappa shape index (κ1) is 16.4. The topological polar surface area (TPSA) is 71.8 Å². The normalized spacial score (nSPS) is 10.3. The molecule has 0 aliphatic heterocycles. The average Bonchev–Trinajstić information content (AvgIpc) is 3.02. The van der Waals surface area contributed by atoms with Crippen LogP contribution in [0.15, 0.2) is 30.7 Å². The lowest BCUT2D eigenvalue weighted by atomic mass is 10.2. The third kappa shape index (κ3) is 4.51. The van der Waals surface area contributed by atoms with Gasteiger partial charge in [-0.1, -0.05) is 5.92 Å². The molecule has 0 saturated heterocycles. The number of terminal acetylenes is 1. The van der Waals surface area contributed by atoms with Gasteiger partial charge in [-0.05, 0) is 12.1 Å². The second-order valence-electron chi connectivity index (χ2n) is 4.52. The maximum atomic E-state index is 12.7. The molecule has 2 aromatic heterocycles. The number of anilines is 1. The van der Waals surface area contributed by atoms with Gasteiger partial charge in [-0.2, -0.15) is 8.78 Å². The maximum Gasteiger partial charge on any atom is 0.319 e. The second-order valence-corrected chi connectivity index (χ2v) is 4.52. The Morgan fingerprint density at radius 3 is 2.87 bits per heavy atom. The van der Waals surface area contributed by atoms with E-state index in [0.29, 0.717) is 24.3 Å². The summed E-state index contributed by atoms with van der Waals surface area (Å²) in [4.78, 5) is 19.6. The molecule has 0 aliphatic carbocycles. The zero-order chi connectivity index (χ0) is 16.7. The van der Waals surface area contributed by atoms with E-state index in [1.807, 2.05) is 0 Å². The Balaban J connectivity index is 1.86. The highest BCUT2D eigenvalue weighted by atomic mass is 19.3. The van der Waals surface area contributed by atoms with Gasteiger partial charge in [0.05, 0.1) is 12.1 Å². The van der Waals surface area contributed by atoms with E-state index in [2.05, 4.69) is 26.5 Å². The highest BCUT2D eigenvalue weighted by molar-refractivity contribution is 5.94. The van der Waals surface area contributed by atoms with Gasteiger partial charge in [0.1, 0.15) is 11.6 Å². The summed E-state index contributed by atoms with van der Waals surface area (Å²) in [5.41, 5.74) is 0.388. The first-order chi connectivity index (χ1) is 11.1. The van der Waals surface area contributed by atoms with E-state index in [1.165, 1.54) is 18.6 Å². The number of amides is 1. The summed E-state index contributed by atoms with van der Waals surface area (Å²) in [6.07, 6.45) is 9.37. The minimum Gasteiger partial charge on any atom is -0.370 e. The predicted molar refractivity (Wildman–Crippen MR) is 81.1 cm³/mol.